The first kappa shape index (κ1) is 20.7. The van der Waals surface area contributed by atoms with E-state index < -0.39 is 5.82 Å². The molecule has 7 heteroatoms. The molecule has 2 aromatic carbocycles. The Labute approximate surface area is 188 Å². The Morgan fingerprint density at radius 2 is 1.81 bits per heavy atom. The number of benzene rings is 2. The van der Waals surface area contributed by atoms with Crippen molar-refractivity contribution in [3.05, 3.63) is 71.8 Å². The molecule has 0 saturated carbocycles. The lowest BCUT2D eigenvalue weighted by atomic mass is 9.95. The average Bonchev–Trinajstić information content (AvgIpc) is 2.84. The van der Waals surface area contributed by atoms with E-state index in [4.69, 9.17) is 4.74 Å². The predicted molar refractivity (Wildman–Crippen MR) is 124 cm³/mol. The van der Waals surface area contributed by atoms with Crippen LogP contribution in [0.4, 0.5) is 21.7 Å². The van der Waals surface area contributed by atoms with Gasteiger partial charge in [-0.1, -0.05) is 30.3 Å². The Morgan fingerprint density at radius 1 is 1.00 bits per heavy atom. The number of methoxy groups -OCH3 is 1. The molecular weight excluding hydrogens is 405 g/mol. The Hall–Kier alpha value is -3.19. The van der Waals surface area contributed by atoms with Gasteiger partial charge >= 0.3 is 0 Å². The summed E-state index contributed by atoms with van der Waals surface area (Å²) < 4.78 is 19.2. The average molecular weight is 434 g/mol. The van der Waals surface area contributed by atoms with Crippen molar-refractivity contribution in [3.8, 4) is 5.75 Å². The van der Waals surface area contributed by atoms with Gasteiger partial charge in [0.25, 0.3) is 0 Å². The largest absolute Gasteiger partial charge is 0.492 e. The maximum Gasteiger partial charge on any atom is 0.178 e. The zero-order chi connectivity index (χ0) is 21.9. The molecule has 0 spiro atoms. The van der Waals surface area contributed by atoms with E-state index in [9.17, 15) is 4.39 Å². The molecule has 6 nitrogen and oxygen atoms in total. The van der Waals surface area contributed by atoms with Gasteiger partial charge in [0.05, 0.1) is 12.8 Å². The number of piperidine rings is 1. The number of ether oxygens (including phenoxy) is 1. The molecule has 0 aliphatic carbocycles. The summed E-state index contributed by atoms with van der Waals surface area (Å²) in [6.07, 6.45) is 4.93. The number of hydrogen-bond acceptors (Lipinski definition) is 6. The summed E-state index contributed by atoms with van der Waals surface area (Å²) >= 11 is 0. The fourth-order valence-corrected chi connectivity index (χ4v) is 4.83. The highest BCUT2D eigenvalue weighted by atomic mass is 19.1. The van der Waals surface area contributed by atoms with Crippen LogP contribution in [0.2, 0.25) is 0 Å². The molecule has 0 unspecified atom stereocenters. The van der Waals surface area contributed by atoms with Crippen molar-refractivity contribution in [3.63, 3.8) is 0 Å². The molecule has 5 rings (SSSR count). The minimum absolute atomic E-state index is 0.177. The van der Waals surface area contributed by atoms with Gasteiger partial charge in [0.15, 0.2) is 11.6 Å². The third-order valence-corrected chi connectivity index (χ3v) is 6.55. The topological polar surface area (TPSA) is 53.5 Å². The van der Waals surface area contributed by atoms with Crippen LogP contribution in [0.25, 0.3) is 0 Å². The number of nitrogens with zero attached hydrogens (tertiary/aromatic N) is 4. The Morgan fingerprint density at radius 3 is 2.62 bits per heavy atom. The normalized spacial score (nSPS) is 17.1. The number of nitrogens with one attached hydrogen (secondary N) is 1. The molecule has 0 amide bonds. The van der Waals surface area contributed by atoms with Crippen molar-refractivity contribution in [2.45, 2.75) is 31.8 Å². The molecule has 166 valence electrons. The van der Waals surface area contributed by atoms with Crippen molar-refractivity contribution < 1.29 is 9.13 Å². The first-order valence-electron chi connectivity index (χ1n) is 11.2. The zero-order valence-electron chi connectivity index (χ0n) is 18.3. The van der Waals surface area contributed by atoms with Crippen molar-refractivity contribution in [2.75, 3.05) is 37.0 Å². The highest BCUT2D eigenvalue weighted by molar-refractivity contribution is 5.66. The van der Waals surface area contributed by atoms with Gasteiger partial charge in [-0.2, -0.15) is 0 Å². The molecule has 0 radical (unpaired) electrons. The summed E-state index contributed by atoms with van der Waals surface area (Å²) in [6.45, 7) is 4.11. The summed E-state index contributed by atoms with van der Waals surface area (Å²) in [7, 11) is 1.46. The minimum Gasteiger partial charge on any atom is -0.492 e. The summed E-state index contributed by atoms with van der Waals surface area (Å²) in [5.41, 5.74) is 3.51. The molecule has 2 aliphatic heterocycles. The van der Waals surface area contributed by atoms with Gasteiger partial charge in [0.1, 0.15) is 18.0 Å². The van der Waals surface area contributed by atoms with Crippen LogP contribution in [-0.4, -0.2) is 47.7 Å². The van der Waals surface area contributed by atoms with E-state index in [1.807, 2.05) is 6.07 Å². The molecule has 0 atom stereocenters. The molecule has 1 saturated heterocycles. The highest BCUT2D eigenvalue weighted by Crippen LogP contribution is 2.31. The number of rotatable bonds is 5. The Kier molecular flexibility index (Phi) is 5.90. The summed E-state index contributed by atoms with van der Waals surface area (Å²) in [5.74, 6) is 1.28. The molecule has 0 bridgehead atoms. The standard InChI is InChI=1S/C25H28FN5O/c1-32-25-21(26)7-4-8-22(25)29-23-15-24(28-17-27-23)30-13-10-20(11-14-30)31-12-9-18-5-2-3-6-19(18)16-31/h2-8,15,17,20H,9-14,16H2,1H3,(H,27,28,29). The lowest BCUT2D eigenvalue weighted by molar-refractivity contribution is 0.153. The van der Waals surface area contributed by atoms with E-state index in [1.54, 1.807) is 18.5 Å². The number of fused-ring (bicyclic) bond motifs is 1. The first-order chi connectivity index (χ1) is 15.7. The van der Waals surface area contributed by atoms with Crippen molar-refractivity contribution in [1.82, 2.24) is 14.9 Å². The van der Waals surface area contributed by atoms with E-state index in [0.29, 0.717) is 17.5 Å². The van der Waals surface area contributed by atoms with E-state index in [-0.39, 0.29) is 5.75 Å². The van der Waals surface area contributed by atoms with Gasteiger partial charge in [0.2, 0.25) is 0 Å². The van der Waals surface area contributed by atoms with Crippen molar-refractivity contribution >= 4 is 17.3 Å². The van der Waals surface area contributed by atoms with Gasteiger partial charge in [-0.25, -0.2) is 14.4 Å². The molecular formula is C25H28FN5O. The second-order valence-corrected chi connectivity index (χ2v) is 8.41. The van der Waals surface area contributed by atoms with E-state index >= 15 is 0 Å². The van der Waals surface area contributed by atoms with Crippen LogP contribution in [0.15, 0.2) is 54.9 Å². The molecule has 3 aromatic rings. The number of halogens is 1. The van der Waals surface area contributed by atoms with Crippen molar-refractivity contribution in [1.29, 1.82) is 0 Å². The molecule has 2 aliphatic rings. The lowest BCUT2D eigenvalue weighted by Crippen LogP contribution is -2.46. The fraction of sp³-hybridized carbons (Fsp3) is 0.360. The van der Waals surface area contributed by atoms with Crippen LogP contribution < -0.4 is 15.0 Å². The quantitative estimate of drug-likeness (QED) is 0.644. The monoisotopic (exact) mass is 433 g/mol. The van der Waals surface area contributed by atoms with Gasteiger partial charge in [0, 0.05) is 38.3 Å². The minimum atomic E-state index is -0.408. The third kappa shape index (κ3) is 4.25. The van der Waals surface area contributed by atoms with Crippen LogP contribution >= 0.6 is 0 Å². The molecule has 1 fully saturated rings. The number of aromatic nitrogens is 2. The Bertz CT molecular complexity index is 1080. The van der Waals surface area contributed by atoms with Gasteiger partial charge in [-0.05, 0) is 42.5 Å². The molecule has 3 heterocycles. The summed E-state index contributed by atoms with van der Waals surface area (Å²) in [5, 5.41) is 3.16. The second kappa shape index (κ2) is 9.12. The van der Waals surface area contributed by atoms with Crippen LogP contribution in [-0.2, 0) is 13.0 Å². The summed E-state index contributed by atoms with van der Waals surface area (Å²) in [4.78, 5) is 13.7. The molecule has 1 aromatic heterocycles. The molecule has 32 heavy (non-hydrogen) atoms. The van der Waals surface area contributed by atoms with Gasteiger partial charge < -0.3 is 15.0 Å². The number of anilines is 3. The van der Waals surface area contributed by atoms with Gasteiger partial charge in [-0.3, -0.25) is 4.90 Å². The van der Waals surface area contributed by atoms with E-state index in [1.165, 1.54) is 24.3 Å². The molecule has 1 N–H and O–H groups in total. The van der Waals surface area contributed by atoms with Crippen LogP contribution in [0.3, 0.4) is 0 Å². The number of hydrogen-bond donors (Lipinski definition) is 1. The smallest absolute Gasteiger partial charge is 0.178 e. The summed E-state index contributed by atoms with van der Waals surface area (Å²) in [6, 6.07) is 16.1. The van der Waals surface area contributed by atoms with Gasteiger partial charge in [-0.15, -0.1) is 0 Å². The Balaban J connectivity index is 1.23. The predicted octanol–water partition coefficient (Wildman–Crippen LogP) is 4.40. The van der Waals surface area contributed by atoms with Crippen LogP contribution in [0.5, 0.6) is 5.75 Å². The highest BCUT2D eigenvalue weighted by Gasteiger charge is 2.27. The van der Waals surface area contributed by atoms with E-state index in [2.05, 4.69) is 49.4 Å². The lowest BCUT2D eigenvalue weighted by Gasteiger charge is -2.41. The SMILES string of the molecule is COc1c(F)cccc1Nc1cc(N2CCC(N3CCc4ccccc4C3)CC2)ncn1. The fourth-order valence-electron chi connectivity index (χ4n) is 4.83. The second-order valence-electron chi connectivity index (χ2n) is 8.41. The maximum absolute atomic E-state index is 14.0. The third-order valence-electron chi connectivity index (χ3n) is 6.55. The number of para-hydroxylation sites is 1. The maximum atomic E-state index is 14.0. The van der Waals surface area contributed by atoms with Crippen LogP contribution in [0.1, 0.15) is 24.0 Å². The van der Waals surface area contributed by atoms with Crippen molar-refractivity contribution in [2.24, 2.45) is 0 Å². The van der Waals surface area contributed by atoms with Crippen LogP contribution in [0, 0.1) is 5.82 Å². The van der Waals surface area contributed by atoms with E-state index in [0.717, 1.165) is 51.3 Å². The first-order valence-corrected chi connectivity index (χ1v) is 11.2. The zero-order valence-corrected chi connectivity index (χ0v) is 18.3.